The summed E-state index contributed by atoms with van der Waals surface area (Å²) in [7, 11) is 5.80. The van der Waals surface area contributed by atoms with Gasteiger partial charge in [-0.05, 0) is 25.7 Å². The van der Waals surface area contributed by atoms with E-state index in [1.807, 2.05) is 21.1 Å². The molecule has 0 aliphatic carbocycles. The first kappa shape index (κ1) is 20.4. The third-order valence-electron chi connectivity index (χ3n) is 2.83. The third kappa shape index (κ3) is 13.4. The van der Waals surface area contributed by atoms with Gasteiger partial charge in [-0.25, -0.2) is 4.79 Å². The molecule has 0 aromatic rings. The molecule has 126 valence electrons. The Hall–Kier alpha value is -1.62. The Kier molecular flexibility index (Phi) is 10.2. The van der Waals surface area contributed by atoms with Gasteiger partial charge >= 0.3 is 11.9 Å². The van der Waals surface area contributed by atoms with E-state index in [0.717, 1.165) is 25.7 Å². The standard InChI is InChI=1S/C17H29NO4/c1-5-6-7-8-9-10-11-12-17(21)22-15(13-16(19)20)14-18(2,3)4/h6-7,11-12,15H,5,8-10,13-14H2,1-4H3/p+1/b7-6+,12-11+. The van der Waals surface area contributed by atoms with Crippen LogP contribution in [0.2, 0.25) is 0 Å². The van der Waals surface area contributed by atoms with Crippen LogP contribution in [0.1, 0.15) is 39.0 Å². The fourth-order valence-electron chi connectivity index (χ4n) is 1.97. The summed E-state index contributed by atoms with van der Waals surface area (Å²) >= 11 is 0. The van der Waals surface area contributed by atoms with Crippen molar-refractivity contribution in [1.29, 1.82) is 0 Å². The first-order chi connectivity index (χ1) is 10.2. The van der Waals surface area contributed by atoms with Crippen molar-refractivity contribution in [2.45, 2.75) is 45.1 Å². The maximum absolute atomic E-state index is 11.7. The molecule has 0 heterocycles. The molecule has 22 heavy (non-hydrogen) atoms. The van der Waals surface area contributed by atoms with Crippen LogP contribution in [0.15, 0.2) is 24.3 Å². The van der Waals surface area contributed by atoms with Crippen LogP contribution >= 0.6 is 0 Å². The Labute approximate surface area is 133 Å². The predicted octanol–water partition coefficient (Wildman–Crippen LogP) is 2.77. The van der Waals surface area contributed by atoms with E-state index < -0.39 is 18.0 Å². The van der Waals surface area contributed by atoms with Crippen LogP contribution < -0.4 is 0 Å². The molecule has 5 nitrogen and oxygen atoms in total. The van der Waals surface area contributed by atoms with Gasteiger partial charge in [0.05, 0.1) is 27.6 Å². The second kappa shape index (κ2) is 11.0. The number of hydrogen-bond acceptors (Lipinski definition) is 3. The number of carboxylic acid groups (broad SMARTS) is 1. The number of hydrogen-bond donors (Lipinski definition) is 1. The molecule has 0 aromatic carbocycles. The van der Waals surface area contributed by atoms with Crippen molar-refractivity contribution in [1.82, 2.24) is 0 Å². The number of allylic oxidation sites excluding steroid dienone is 3. The number of quaternary nitrogens is 1. The van der Waals surface area contributed by atoms with E-state index in [1.165, 1.54) is 6.08 Å². The second-order valence-corrected chi connectivity index (χ2v) is 6.34. The highest BCUT2D eigenvalue weighted by molar-refractivity contribution is 5.82. The molecule has 0 bridgehead atoms. The first-order valence-corrected chi connectivity index (χ1v) is 7.79. The summed E-state index contributed by atoms with van der Waals surface area (Å²) in [5.74, 6) is -1.43. The number of unbranched alkanes of at least 4 members (excludes halogenated alkanes) is 2. The molecular weight excluding hydrogens is 282 g/mol. The number of ether oxygens (including phenoxy) is 1. The summed E-state index contributed by atoms with van der Waals surface area (Å²) in [6, 6.07) is 0. The van der Waals surface area contributed by atoms with Gasteiger partial charge in [0.2, 0.25) is 0 Å². The monoisotopic (exact) mass is 312 g/mol. The van der Waals surface area contributed by atoms with Gasteiger partial charge in [-0.15, -0.1) is 0 Å². The normalized spacial score (nSPS) is 13.6. The lowest BCUT2D eigenvalue weighted by molar-refractivity contribution is -0.873. The SMILES string of the molecule is CC/C=C/CCC/C=C/C(=O)OC(CC(=O)O)C[N+](C)(C)C. The number of nitrogens with zero attached hydrogens (tertiary/aromatic N) is 1. The van der Waals surface area contributed by atoms with Gasteiger partial charge in [-0.1, -0.05) is 25.2 Å². The minimum Gasteiger partial charge on any atom is -0.481 e. The average Bonchev–Trinajstić information content (AvgIpc) is 2.34. The lowest BCUT2D eigenvalue weighted by Gasteiger charge is -2.28. The van der Waals surface area contributed by atoms with Crippen LogP contribution in [0.4, 0.5) is 0 Å². The maximum Gasteiger partial charge on any atom is 0.330 e. The highest BCUT2D eigenvalue weighted by Gasteiger charge is 2.23. The minimum absolute atomic E-state index is 0.170. The van der Waals surface area contributed by atoms with E-state index in [4.69, 9.17) is 9.84 Å². The zero-order valence-corrected chi connectivity index (χ0v) is 14.2. The Morgan fingerprint density at radius 1 is 1.14 bits per heavy atom. The molecule has 0 spiro atoms. The summed E-state index contributed by atoms with van der Waals surface area (Å²) in [5.41, 5.74) is 0. The summed E-state index contributed by atoms with van der Waals surface area (Å²) in [6.45, 7) is 2.56. The molecule has 0 rings (SSSR count). The zero-order valence-electron chi connectivity index (χ0n) is 14.2. The zero-order chi connectivity index (χ0) is 17.0. The number of rotatable bonds is 11. The van der Waals surface area contributed by atoms with E-state index in [-0.39, 0.29) is 6.42 Å². The molecule has 0 aliphatic heterocycles. The maximum atomic E-state index is 11.7. The number of carbonyl (C=O) groups excluding carboxylic acids is 1. The third-order valence-corrected chi connectivity index (χ3v) is 2.83. The summed E-state index contributed by atoms with van der Waals surface area (Å²) in [6.07, 6.45) is 10.5. The average molecular weight is 312 g/mol. The van der Waals surface area contributed by atoms with Gasteiger partial charge in [0.15, 0.2) is 6.10 Å². The van der Waals surface area contributed by atoms with Gasteiger partial charge in [-0.2, -0.15) is 0 Å². The molecule has 1 unspecified atom stereocenters. The van der Waals surface area contributed by atoms with Gasteiger partial charge in [0.25, 0.3) is 0 Å². The molecular formula is C17H30NO4+. The minimum atomic E-state index is -0.960. The fourth-order valence-corrected chi connectivity index (χ4v) is 1.97. The van der Waals surface area contributed by atoms with Crippen molar-refractivity contribution >= 4 is 11.9 Å². The first-order valence-electron chi connectivity index (χ1n) is 7.79. The molecule has 1 N–H and O–H groups in total. The largest absolute Gasteiger partial charge is 0.481 e. The predicted molar refractivity (Wildman–Crippen MR) is 87.5 cm³/mol. The molecule has 0 radical (unpaired) electrons. The Morgan fingerprint density at radius 2 is 1.77 bits per heavy atom. The van der Waals surface area contributed by atoms with Crippen molar-refractivity contribution in [3.8, 4) is 0 Å². The van der Waals surface area contributed by atoms with Crippen molar-refractivity contribution in [3.05, 3.63) is 24.3 Å². The Balaban J connectivity index is 4.21. The van der Waals surface area contributed by atoms with Crippen molar-refractivity contribution in [2.75, 3.05) is 27.7 Å². The smallest absolute Gasteiger partial charge is 0.330 e. The van der Waals surface area contributed by atoms with Gasteiger partial charge in [0.1, 0.15) is 6.54 Å². The number of esters is 1. The molecule has 5 heteroatoms. The van der Waals surface area contributed by atoms with Crippen LogP contribution in [0, 0.1) is 0 Å². The molecule has 0 saturated carbocycles. The van der Waals surface area contributed by atoms with E-state index in [2.05, 4.69) is 19.1 Å². The molecule has 0 aliphatic rings. The molecule has 1 atom stereocenters. The molecule has 0 fully saturated rings. The summed E-state index contributed by atoms with van der Waals surface area (Å²) in [5, 5.41) is 8.89. The highest BCUT2D eigenvalue weighted by atomic mass is 16.5. The van der Waals surface area contributed by atoms with Crippen LogP contribution in [0.3, 0.4) is 0 Å². The Morgan fingerprint density at radius 3 is 2.32 bits per heavy atom. The van der Waals surface area contributed by atoms with Crippen LogP contribution in [-0.2, 0) is 14.3 Å². The van der Waals surface area contributed by atoms with E-state index >= 15 is 0 Å². The topological polar surface area (TPSA) is 63.6 Å². The van der Waals surface area contributed by atoms with Crippen LogP contribution in [-0.4, -0.2) is 55.3 Å². The molecule has 0 aromatic heterocycles. The quantitative estimate of drug-likeness (QED) is 0.209. The molecule has 0 amide bonds. The van der Waals surface area contributed by atoms with Crippen LogP contribution in [0.25, 0.3) is 0 Å². The lowest BCUT2D eigenvalue weighted by atomic mass is 10.2. The number of carbonyl (C=O) groups is 2. The van der Waals surface area contributed by atoms with E-state index in [1.54, 1.807) is 6.08 Å². The highest BCUT2D eigenvalue weighted by Crippen LogP contribution is 2.06. The van der Waals surface area contributed by atoms with Crippen molar-refractivity contribution < 1.29 is 23.9 Å². The summed E-state index contributed by atoms with van der Waals surface area (Å²) in [4.78, 5) is 22.6. The van der Waals surface area contributed by atoms with Crippen LogP contribution in [0.5, 0.6) is 0 Å². The second-order valence-electron chi connectivity index (χ2n) is 6.34. The Bertz CT molecular complexity index is 394. The number of likely N-dealkylation sites (N-methyl/N-ethyl adjacent to an activating group) is 1. The lowest BCUT2D eigenvalue weighted by Crippen LogP contribution is -2.43. The van der Waals surface area contributed by atoms with Crippen molar-refractivity contribution in [2.24, 2.45) is 0 Å². The summed E-state index contributed by atoms with van der Waals surface area (Å²) < 4.78 is 5.79. The van der Waals surface area contributed by atoms with E-state index in [9.17, 15) is 9.59 Å². The van der Waals surface area contributed by atoms with Gasteiger partial charge in [-0.3, -0.25) is 4.79 Å². The number of carboxylic acids is 1. The van der Waals surface area contributed by atoms with Gasteiger partial charge < -0.3 is 14.3 Å². The fraction of sp³-hybridized carbons (Fsp3) is 0.647. The van der Waals surface area contributed by atoms with Crippen molar-refractivity contribution in [3.63, 3.8) is 0 Å². The van der Waals surface area contributed by atoms with Gasteiger partial charge in [0, 0.05) is 6.08 Å². The number of aliphatic carboxylic acids is 1. The van der Waals surface area contributed by atoms with E-state index in [0.29, 0.717) is 11.0 Å². The molecule has 0 saturated heterocycles.